The van der Waals surface area contributed by atoms with Crippen LogP contribution in [0.5, 0.6) is 11.5 Å². The van der Waals surface area contributed by atoms with Crippen molar-refractivity contribution in [2.24, 2.45) is 32.9 Å². The molecule has 37 heteroatoms. The van der Waals surface area contributed by atoms with E-state index in [1.165, 1.54) is 9.80 Å². The van der Waals surface area contributed by atoms with Crippen LogP contribution in [-0.4, -0.2) is 292 Å². The Morgan fingerprint density at radius 2 is 0.755 bits per heavy atom. The lowest BCUT2D eigenvalue weighted by Crippen LogP contribution is -2.45. The van der Waals surface area contributed by atoms with Crippen LogP contribution in [0, 0.1) is 0 Å². The maximum Gasteiger partial charge on any atom is 0.317 e. The van der Waals surface area contributed by atoms with E-state index in [-0.39, 0.29) is 147 Å². The summed E-state index contributed by atoms with van der Waals surface area (Å²) in [6.45, 7) is 6.23. The number of carbonyl (C=O) groups is 6. The van der Waals surface area contributed by atoms with E-state index in [0.29, 0.717) is 169 Å². The van der Waals surface area contributed by atoms with Gasteiger partial charge in [-0.1, -0.05) is 47.5 Å². The summed E-state index contributed by atoms with van der Waals surface area (Å²) in [5.41, 5.74) is 26.3. The molecule has 602 valence electrons. The third kappa shape index (κ3) is 38.9. The number of urea groups is 1. The van der Waals surface area contributed by atoms with Crippen molar-refractivity contribution >= 4 is 104 Å². The number of halogens is 2. The van der Waals surface area contributed by atoms with E-state index >= 15 is 0 Å². The van der Waals surface area contributed by atoms with Crippen molar-refractivity contribution in [2.45, 2.75) is 38.5 Å². The van der Waals surface area contributed by atoms with Gasteiger partial charge in [0.2, 0.25) is 5.91 Å². The number of nitrogens with two attached hydrogens (primary N) is 4. The van der Waals surface area contributed by atoms with Gasteiger partial charge >= 0.3 is 18.0 Å². The lowest BCUT2D eigenvalue weighted by atomic mass is 10.1. The number of carbonyl (C=O) groups excluding carboxylic acids is 4. The van der Waals surface area contributed by atoms with Crippen LogP contribution in [0.4, 0.5) is 16.7 Å². The second-order valence-electron chi connectivity index (χ2n) is 24.1. The largest absolute Gasteiger partial charge is 0.491 e. The molecule has 6 rings (SSSR count). The predicted octanol–water partition coefficient (Wildman–Crippen LogP) is 4.31. The fourth-order valence-corrected chi connectivity index (χ4v) is 10.6. The highest BCUT2D eigenvalue weighted by molar-refractivity contribution is 6.32. The number of nitrogens with one attached hydrogen (secondary N) is 3. The van der Waals surface area contributed by atoms with E-state index < -0.39 is 30.9 Å². The zero-order chi connectivity index (χ0) is 78.8. The molecule has 2 heterocycles. The molecule has 0 saturated carbocycles. The fraction of sp³-hybridized carbons (Fsp3) is 0.507. The second-order valence-corrected chi connectivity index (χ2v) is 25.0. The molecule has 2 aromatic heterocycles. The van der Waals surface area contributed by atoms with Crippen LogP contribution in [0.25, 0.3) is 44.3 Å². The predicted molar refractivity (Wildman–Crippen MR) is 410 cm³/mol. The number of hydrogen-bond donors (Lipinski definition) is 9. The van der Waals surface area contributed by atoms with Crippen LogP contribution in [0.3, 0.4) is 0 Å². The molecule has 0 bridgehead atoms. The minimum absolute atomic E-state index is 0.00163. The van der Waals surface area contributed by atoms with Crippen molar-refractivity contribution in [3.05, 3.63) is 95.0 Å². The number of carboxylic acids is 2. The molecule has 0 spiro atoms. The molecular formula is C73H101Cl2N15O20. The number of benzene rings is 4. The smallest absolute Gasteiger partial charge is 0.317 e. The molecule has 0 atom stereocenters. The molecule has 0 aliphatic carbocycles. The first-order valence-corrected chi connectivity index (χ1v) is 36.7. The van der Waals surface area contributed by atoms with Crippen LogP contribution < -0.4 is 48.4 Å². The molecular weight excluding hydrogens is 1480 g/mol. The first-order chi connectivity index (χ1) is 53.4. The van der Waals surface area contributed by atoms with Crippen molar-refractivity contribution in [3.8, 4) is 34.0 Å². The van der Waals surface area contributed by atoms with Gasteiger partial charge < -0.3 is 106 Å². The standard InChI is InChI=1S/C73H101Cl2N15O20/c74-54-13-15-62-60(46-54)67(85-71(83-62)87-69(76)77)52-6-1-11-58(44-52)109-42-40-107-38-36-105-34-30-100-23-4-9-56(91)8-3-22-99-28-31-102-25-17-80-64(93)49-90(51-66(96)97)21-20-89(50-65(94)95)48-57(92)10-5-24-101-29-32-103-26-18-81-73(98)82-19-27-104-33-35-106-37-39-108-41-43-110-59-12-2-7-53(45-59)68-61-47-55(75)14-16-63(61)84-72(86-68)88-70(78)79/h1-2,6-7,11-16,44-47H,3-5,8-10,17-43,48-51H2,(H,80,93)(H,94,95)(H,96,97)(H2,81,82,98)(H4,76,77,83,85,87)(H4,78,79,84,86,88). The molecule has 6 aromatic rings. The maximum absolute atomic E-state index is 12.8. The summed E-state index contributed by atoms with van der Waals surface area (Å²) in [4.78, 5) is 102. The number of carboxylic acid groups (broad SMARTS) is 2. The summed E-state index contributed by atoms with van der Waals surface area (Å²) in [5, 5.41) is 29.6. The van der Waals surface area contributed by atoms with E-state index in [2.05, 4.69) is 45.9 Å². The van der Waals surface area contributed by atoms with Gasteiger partial charge in [0, 0.05) is 104 Å². The number of hydrogen-bond acceptors (Lipinski definition) is 26. The topological polar surface area (TPSA) is 477 Å². The Morgan fingerprint density at radius 3 is 1.15 bits per heavy atom. The highest BCUT2D eigenvalue weighted by atomic mass is 35.5. The van der Waals surface area contributed by atoms with Gasteiger partial charge in [-0.25, -0.2) is 24.7 Å². The highest BCUT2D eigenvalue weighted by Crippen LogP contribution is 2.34. The normalized spacial score (nSPS) is 11.3. The van der Waals surface area contributed by atoms with E-state index in [1.807, 2.05) is 48.5 Å². The molecule has 0 aliphatic heterocycles. The van der Waals surface area contributed by atoms with Gasteiger partial charge in [-0.2, -0.15) is 9.98 Å². The first kappa shape index (κ1) is 89.7. The van der Waals surface area contributed by atoms with Gasteiger partial charge in [-0.15, -0.1) is 0 Å². The molecule has 0 radical (unpaired) electrons. The van der Waals surface area contributed by atoms with Gasteiger partial charge in [0.1, 0.15) is 36.3 Å². The van der Waals surface area contributed by atoms with Crippen LogP contribution >= 0.6 is 23.2 Å². The van der Waals surface area contributed by atoms with E-state index in [9.17, 15) is 39.0 Å². The number of nitrogens with zero attached hydrogens (tertiary/aromatic N) is 8. The quantitative estimate of drug-likeness (QED) is 0.0146. The SMILES string of the molecule is NC(N)=Nc1nc(-c2cccc(OCCOCCOCCOCCCC(=O)CCCOCCOCCNC(=O)CN(CCN(CC(=O)O)CC(=O)CCCOCCOCCNC(=O)NCCOCCOCCOCCOc3cccc(-c4nc(N=C(N)N)nc5ccc(Cl)cc45)c3)CC(=O)O)c2)c2cc(Cl)ccc2n1. The fourth-order valence-electron chi connectivity index (χ4n) is 10.3. The number of ether oxygens (including phenoxy) is 12. The van der Waals surface area contributed by atoms with E-state index in [1.54, 1.807) is 36.4 Å². The minimum Gasteiger partial charge on any atom is -0.491 e. The second kappa shape index (κ2) is 53.6. The average molecular weight is 1580 g/mol. The van der Waals surface area contributed by atoms with Crippen molar-refractivity contribution in [1.82, 2.24) is 45.7 Å². The Bertz CT molecular complexity index is 3600. The zero-order valence-corrected chi connectivity index (χ0v) is 63.1. The van der Waals surface area contributed by atoms with Crippen molar-refractivity contribution < 1.29 is 95.8 Å². The van der Waals surface area contributed by atoms with Crippen LogP contribution in [0.1, 0.15) is 38.5 Å². The third-order valence-electron chi connectivity index (χ3n) is 15.3. The summed E-state index contributed by atoms with van der Waals surface area (Å²) >= 11 is 12.6. The van der Waals surface area contributed by atoms with Crippen molar-refractivity contribution in [1.29, 1.82) is 0 Å². The van der Waals surface area contributed by atoms with Gasteiger partial charge in [-0.3, -0.25) is 33.8 Å². The number of aliphatic carboxylic acids is 2. The molecule has 35 nitrogen and oxygen atoms in total. The molecule has 13 N–H and O–H groups in total. The average Bonchev–Trinajstić information content (AvgIpc) is 0.791. The van der Waals surface area contributed by atoms with Crippen LogP contribution in [-0.2, 0) is 71.3 Å². The Hall–Kier alpha value is -9.18. The lowest BCUT2D eigenvalue weighted by Gasteiger charge is -2.25. The number of aromatic nitrogens is 4. The number of rotatable bonds is 62. The Balaban J connectivity index is 0.662. The first-order valence-electron chi connectivity index (χ1n) is 35.9. The number of amides is 3. The van der Waals surface area contributed by atoms with E-state index in [4.69, 9.17) is 103 Å². The maximum atomic E-state index is 12.8. The number of Topliss-reactive ketones (excluding diaryl/α,β-unsaturated/α-hetero) is 2. The van der Waals surface area contributed by atoms with Gasteiger partial charge in [0.25, 0.3) is 11.9 Å². The van der Waals surface area contributed by atoms with Gasteiger partial charge in [-0.05, 0) is 79.9 Å². The number of ketones is 2. The van der Waals surface area contributed by atoms with Gasteiger partial charge in [0.05, 0.1) is 161 Å². The minimum atomic E-state index is -1.19. The molecule has 3 amide bonds. The molecule has 0 aliphatic rings. The molecule has 4 aromatic carbocycles. The molecule has 110 heavy (non-hydrogen) atoms. The monoisotopic (exact) mass is 1580 g/mol. The Morgan fingerprint density at radius 1 is 0.400 bits per heavy atom. The number of guanidine groups is 2. The number of aliphatic imine (C=N–C) groups is 2. The molecule has 0 fully saturated rings. The van der Waals surface area contributed by atoms with Crippen molar-refractivity contribution in [2.75, 3.05) is 204 Å². The molecule has 0 saturated heterocycles. The number of fused-ring (bicyclic) bond motifs is 2. The summed E-state index contributed by atoms with van der Waals surface area (Å²) in [6, 6.07) is 25.0. The summed E-state index contributed by atoms with van der Waals surface area (Å²) < 4.78 is 67.6. The lowest BCUT2D eigenvalue weighted by molar-refractivity contribution is -0.141. The van der Waals surface area contributed by atoms with Crippen LogP contribution in [0.15, 0.2) is 94.9 Å². The summed E-state index contributed by atoms with van der Waals surface area (Å²) in [7, 11) is 0. The Kier molecular flexibility index (Phi) is 43.7. The van der Waals surface area contributed by atoms with Gasteiger partial charge in [0.15, 0.2) is 11.9 Å². The molecule has 0 unspecified atom stereocenters. The van der Waals surface area contributed by atoms with Crippen LogP contribution in [0.2, 0.25) is 10.0 Å². The highest BCUT2D eigenvalue weighted by Gasteiger charge is 2.20. The Labute approximate surface area is 647 Å². The van der Waals surface area contributed by atoms with E-state index in [0.717, 1.165) is 21.9 Å². The van der Waals surface area contributed by atoms with Crippen molar-refractivity contribution in [3.63, 3.8) is 0 Å². The zero-order valence-electron chi connectivity index (χ0n) is 61.6. The summed E-state index contributed by atoms with van der Waals surface area (Å²) in [5.74, 6) is -1.80. The summed E-state index contributed by atoms with van der Waals surface area (Å²) in [6.07, 6.45) is 2.40. The third-order valence-corrected chi connectivity index (χ3v) is 15.7.